The maximum absolute atomic E-state index is 11.9. The molecule has 0 bridgehead atoms. The molecule has 0 saturated carbocycles. The average Bonchev–Trinajstić information content (AvgIpc) is 2.52. The van der Waals surface area contributed by atoms with Gasteiger partial charge in [-0.25, -0.2) is 9.59 Å². The van der Waals surface area contributed by atoms with E-state index in [4.69, 9.17) is 14.2 Å². The molecule has 1 aromatic carbocycles. The lowest BCUT2D eigenvalue weighted by molar-refractivity contribution is 0.0691. The number of hydrogen-bond donors (Lipinski definition) is 1. The van der Waals surface area contributed by atoms with E-state index in [9.17, 15) is 14.7 Å². The van der Waals surface area contributed by atoms with Crippen molar-refractivity contribution in [2.75, 3.05) is 27.9 Å². The molecule has 2 rings (SSSR count). The van der Waals surface area contributed by atoms with Crippen LogP contribution in [-0.4, -0.2) is 49.9 Å². The minimum Gasteiger partial charge on any atom is -0.496 e. The third-order valence-electron chi connectivity index (χ3n) is 3.94. The van der Waals surface area contributed by atoms with Crippen LogP contribution >= 0.6 is 0 Å². The summed E-state index contributed by atoms with van der Waals surface area (Å²) in [6, 6.07) is 1.12. The van der Waals surface area contributed by atoms with Crippen LogP contribution in [0.15, 0.2) is 6.07 Å². The van der Waals surface area contributed by atoms with Crippen molar-refractivity contribution in [3.8, 4) is 11.5 Å². The smallest absolute Gasteiger partial charge is 0.409 e. The molecule has 1 heterocycles. The van der Waals surface area contributed by atoms with E-state index < -0.39 is 12.1 Å². The number of fused-ring (bicyclic) bond motifs is 1. The summed E-state index contributed by atoms with van der Waals surface area (Å²) in [6.07, 6.45) is 0.0385. The standard InChI is InChI=1S/C15H19NO6/c1-8-12-9(5-6-16(8)15(19)22-4)13(21-3)10(14(17)18)7-11(12)20-2/h7-8H,5-6H2,1-4H3,(H,17,18). The van der Waals surface area contributed by atoms with Gasteiger partial charge in [0.2, 0.25) is 0 Å². The molecule has 0 spiro atoms. The highest BCUT2D eigenvalue weighted by atomic mass is 16.5. The fourth-order valence-corrected chi connectivity index (χ4v) is 2.92. The first-order valence-corrected chi connectivity index (χ1v) is 6.81. The predicted octanol–water partition coefficient (Wildman–Crippen LogP) is 2.09. The fraction of sp³-hybridized carbons (Fsp3) is 0.467. The van der Waals surface area contributed by atoms with Gasteiger partial charge >= 0.3 is 12.1 Å². The molecule has 1 unspecified atom stereocenters. The van der Waals surface area contributed by atoms with Crippen LogP contribution in [-0.2, 0) is 11.2 Å². The Hall–Kier alpha value is -2.44. The largest absolute Gasteiger partial charge is 0.496 e. The summed E-state index contributed by atoms with van der Waals surface area (Å²) in [5.74, 6) is -0.338. The van der Waals surface area contributed by atoms with E-state index in [1.807, 2.05) is 6.92 Å². The van der Waals surface area contributed by atoms with Crippen molar-refractivity contribution in [1.82, 2.24) is 4.90 Å². The second-order valence-electron chi connectivity index (χ2n) is 4.95. The molecular formula is C15H19NO6. The lowest BCUT2D eigenvalue weighted by Gasteiger charge is -2.36. The maximum atomic E-state index is 11.9. The molecule has 1 aromatic rings. The van der Waals surface area contributed by atoms with Gasteiger partial charge in [-0.2, -0.15) is 0 Å². The van der Waals surface area contributed by atoms with Crippen LogP contribution in [0.25, 0.3) is 0 Å². The van der Waals surface area contributed by atoms with Crippen molar-refractivity contribution in [2.24, 2.45) is 0 Å². The number of hydrogen-bond acceptors (Lipinski definition) is 5. The average molecular weight is 309 g/mol. The van der Waals surface area contributed by atoms with Crippen LogP contribution in [0.5, 0.6) is 11.5 Å². The van der Waals surface area contributed by atoms with E-state index in [1.54, 1.807) is 4.90 Å². The zero-order valence-corrected chi connectivity index (χ0v) is 13.0. The van der Waals surface area contributed by atoms with Crippen LogP contribution in [0.1, 0.15) is 34.5 Å². The SMILES string of the molecule is COC(=O)N1CCc2c(OC)c(C(=O)O)cc(OC)c2C1C. The Kier molecular flexibility index (Phi) is 4.44. The van der Waals surface area contributed by atoms with Crippen LogP contribution < -0.4 is 9.47 Å². The van der Waals surface area contributed by atoms with Crippen molar-refractivity contribution in [1.29, 1.82) is 0 Å². The summed E-state index contributed by atoms with van der Waals surface area (Å²) < 4.78 is 15.4. The van der Waals surface area contributed by atoms with Crippen molar-refractivity contribution in [3.05, 3.63) is 22.8 Å². The molecule has 22 heavy (non-hydrogen) atoms. The Morgan fingerprint density at radius 2 is 1.95 bits per heavy atom. The minimum atomic E-state index is -1.08. The van der Waals surface area contributed by atoms with Gasteiger partial charge in [0.15, 0.2) is 0 Å². The Balaban J connectivity index is 2.64. The molecule has 1 aliphatic heterocycles. The Morgan fingerprint density at radius 3 is 2.45 bits per heavy atom. The molecule has 0 aromatic heterocycles. The van der Waals surface area contributed by atoms with Crippen molar-refractivity contribution >= 4 is 12.1 Å². The van der Waals surface area contributed by atoms with Gasteiger partial charge in [0.1, 0.15) is 17.1 Å². The third-order valence-corrected chi connectivity index (χ3v) is 3.94. The van der Waals surface area contributed by atoms with Gasteiger partial charge in [-0.1, -0.05) is 0 Å². The first-order valence-electron chi connectivity index (χ1n) is 6.81. The molecule has 0 saturated heterocycles. The van der Waals surface area contributed by atoms with E-state index in [-0.39, 0.29) is 11.6 Å². The van der Waals surface area contributed by atoms with Gasteiger partial charge < -0.3 is 24.2 Å². The lowest BCUT2D eigenvalue weighted by atomic mass is 9.89. The maximum Gasteiger partial charge on any atom is 0.409 e. The summed E-state index contributed by atoms with van der Waals surface area (Å²) >= 11 is 0. The molecule has 1 atom stereocenters. The molecule has 120 valence electrons. The molecule has 0 fully saturated rings. The molecule has 0 aliphatic carbocycles. The normalized spacial score (nSPS) is 16.7. The van der Waals surface area contributed by atoms with Crippen LogP contribution in [0.3, 0.4) is 0 Å². The summed E-state index contributed by atoms with van der Waals surface area (Å²) in [7, 11) is 4.24. The monoisotopic (exact) mass is 309 g/mol. The number of carbonyl (C=O) groups excluding carboxylic acids is 1. The lowest BCUT2D eigenvalue weighted by Crippen LogP contribution is -2.39. The highest BCUT2D eigenvalue weighted by Gasteiger charge is 2.34. The number of methoxy groups -OCH3 is 3. The first-order chi connectivity index (χ1) is 10.5. The van der Waals surface area contributed by atoms with Crippen LogP contribution in [0.2, 0.25) is 0 Å². The Labute approximate surface area is 128 Å². The van der Waals surface area contributed by atoms with E-state index in [0.29, 0.717) is 24.5 Å². The number of ether oxygens (including phenoxy) is 3. The van der Waals surface area contributed by atoms with Gasteiger partial charge in [0.25, 0.3) is 0 Å². The molecule has 1 amide bonds. The van der Waals surface area contributed by atoms with Gasteiger partial charge in [0.05, 0.1) is 27.4 Å². The highest BCUT2D eigenvalue weighted by molar-refractivity contribution is 5.92. The Morgan fingerprint density at radius 1 is 1.27 bits per heavy atom. The van der Waals surface area contributed by atoms with Gasteiger partial charge in [-0.15, -0.1) is 0 Å². The van der Waals surface area contributed by atoms with E-state index in [1.165, 1.54) is 27.4 Å². The van der Waals surface area contributed by atoms with Crippen LogP contribution in [0.4, 0.5) is 4.79 Å². The summed E-state index contributed by atoms with van der Waals surface area (Å²) in [5, 5.41) is 9.34. The second kappa shape index (κ2) is 6.13. The molecule has 7 heteroatoms. The molecule has 1 aliphatic rings. The van der Waals surface area contributed by atoms with Crippen molar-refractivity contribution in [3.63, 3.8) is 0 Å². The topological polar surface area (TPSA) is 85.3 Å². The van der Waals surface area contributed by atoms with Gasteiger partial charge in [0, 0.05) is 17.7 Å². The van der Waals surface area contributed by atoms with E-state index >= 15 is 0 Å². The first kappa shape index (κ1) is 15.9. The number of carboxylic acids is 1. The quantitative estimate of drug-likeness (QED) is 0.920. The predicted molar refractivity (Wildman–Crippen MR) is 77.7 cm³/mol. The number of rotatable bonds is 3. The number of nitrogens with zero attached hydrogens (tertiary/aromatic N) is 1. The zero-order chi connectivity index (χ0) is 16.4. The minimum absolute atomic E-state index is 0.0526. The molecule has 0 radical (unpaired) electrons. The summed E-state index contributed by atoms with van der Waals surface area (Å²) in [4.78, 5) is 24.8. The molecule has 7 nitrogen and oxygen atoms in total. The number of aromatic carboxylic acids is 1. The van der Waals surface area contributed by atoms with E-state index in [0.717, 1.165) is 11.1 Å². The third kappa shape index (κ3) is 2.43. The molecule has 1 N–H and O–H groups in total. The van der Waals surface area contributed by atoms with Gasteiger partial charge in [-0.05, 0) is 19.4 Å². The number of carboxylic acid groups (broad SMARTS) is 1. The van der Waals surface area contributed by atoms with E-state index in [2.05, 4.69) is 0 Å². The second-order valence-corrected chi connectivity index (χ2v) is 4.95. The highest BCUT2D eigenvalue weighted by Crippen LogP contribution is 2.43. The summed E-state index contributed by atoms with van der Waals surface area (Å²) in [6.45, 7) is 2.26. The van der Waals surface area contributed by atoms with Gasteiger partial charge in [-0.3, -0.25) is 0 Å². The molecular weight excluding hydrogens is 290 g/mol. The number of carbonyl (C=O) groups is 2. The van der Waals surface area contributed by atoms with Crippen LogP contribution in [0, 0.1) is 0 Å². The van der Waals surface area contributed by atoms with Crippen molar-refractivity contribution < 1.29 is 28.9 Å². The number of amides is 1. The fourth-order valence-electron chi connectivity index (χ4n) is 2.92. The summed E-state index contributed by atoms with van der Waals surface area (Å²) in [5.41, 5.74) is 1.56. The van der Waals surface area contributed by atoms with Crippen molar-refractivity contribution in [2.45, 2.75) is 19.4 Å². The number of benzene rings is 1. The zero-order valence-electron chi connectivity index (χ0n) is 13.0. The Bertz CT molecular complexity index is 613.